The van der Waals surface area contributed by atoms with E-state index < -0.39 is 0 Å². The lowest BCUT2D eigenvalue weighted by atomic mass is 10.1. The van der Waals surface area contributed by atoms with Crippen LogP contribution in [0.3, 0.4) is 0 Å². The Labute approximate surface area is 164 Å². The molecule has 0 bridgehead atoms. The zero-order valence-electron chi connectivity index (χ0n) is 15.0. The Morgan fingerprint density at radius 2 is 1.08 bits per heavy atom. The largest absolute Gasteiger partial charge is 0.507 e. The topological polar surface area (TPSA) is 20.2 Å². The monoisotopic (exact) mass is 380 g/mol. The summed E-state index contributed by atoms with van der Waals surface area (Å²) in [4.78, 5) is 0. The normalized spacial score (nSPS) is 10.8. The first-order valence-electron chi connectivity index (χ1n) is 8.77. The molecule has 0 spiro atoms. The van der Waals surface area contributed by atoms with Gasteiger partial charge in [0.25, 0.3) is 0 Å². The van der Waals surface area contributed by atoms with E-state index in [0.717, 1.165) is 34.1 Å². The maximum atomic E-state index is 10.7. The first-order valence-corrected chi connectivity index (χ1v) is 11.1. The fraction of sp³-hybridized carbons (Fsp3) is 0.217. The maximum Gasteiger partial charge on any atom is 0.123 e. The van der Waals surface area contributed by atoms with Crippen molar-refractivity contribution in [1.29, 1.82) is 0 Å². The highest BCUT2D eigenvalue weighted by Gasteiger charge is 2.09. The van der Waals surface area contributed by atoms with Crippen molar-refractivity contribution in [3.8, 4) is 5.75 Å². The third-order valence-corrected chi connectivity index (χ3v) is 6.26. The SMILES string of the molecule is Cc1cc(CSCc2ccccc2)c(O)c(CSCc2ccccc2)c1. The summed E-state index contributed by atoms with van der Waals surface area (Å²) in [7, 11) is 0. The number of rotatable bonds is 8. The number of benzene rings is 3. The molecule has 0 saturated heterocycles. The van der Waals surface area contributed by atoms with Crippen molar-refractivity contribution in [2.75, 3.05) is 0 Å². The average molecular weight is 381 g/mol. The van der Waals surface area contributed by atoms with E-state index in [1.54, 1.807) is 0 Å². The molecule has 0 aliphatic heterocycles. The first-order chi connectivity index (χ1) is 12.7. The van der Waals surface area contributed by atoms with Gasteiger partial charge in [0.15, 0.2) is 0 Å². The number of phenols is 1. The predicted octanol–water partition coefficient (Wildman–Crippen LogP) is 6.57. The molecule has 1 nitrogen and oxygen atoms in total. The van der Waals surface area contributed by atoms with Gasteiger partial charge in [-0.1, -0.05) is 78.4 Å². The van der Waals surface area contributed by atoms with Crippen molar-refractivity contribution >= 4 is 23.5 Å². The van der Waals surface area contributed by atoms with Crippen LogP contribution >= 0.6 is 23.5 Å². The lowest BCUT2D eigenvalue weighted by molar-refractivity contribution is 0.465. The van der Waals surface area contributed by atoms with Gasteiger partial charge in [-0.3, -0.25) is 0 Å². The molecule has 3 aromatic carbocycles. The van der Waals surface area contributed by atoms with Crippen molar-refractivity contribution in [1.82, 2.24) is 0 Å². The summed E-state index contributed by atoms with van der Waals surface area (Å²) in [5.41, 5.74) is 5.95. The van der Waals surface area contributed by atoms with Crippen LogP contribution in [0.4, 0.5) is 0 Å². The standard InChI is InChI=1S/C23H24OS2/c1-18-12-21(16-25-14-19-8-4-2-5-9-19)23(24)22(13-18)17-26-15-20-10-6-3-7-11-20/h2-13,24H,14-17H2,1H3. The molecule has 0 aliphatic rings. The second-order valence-corrected chi connectivity index (χ2v) is 8.36. The fourth-order valence-electron chi connectivity index (χ4n) is 2.86. The summed E-state index contributed by atoms with van der Waals surface area (Å²) in [5, 5.41) is 10.7. The summed E-state index contributed by atoms with van der Waals surface area (Å²) in [6.07, 6.45) is 0. The molecule has 0 fully saturated rings. The molecule has 0 aromatic heterocycles. The van der Waals surface area contributed by atoms with E-state index in [1.165, 1.54) is 16.7 Å². The van der Waals surface area contributed by atoms with Gasteiger partial charge in [-0.05, 0) is 18.1 Å². The second-order valence-electron chi connectivity index (χ2n) is 6.39. The Morgan fingerprint density at radius 1 is 0.654 bits per heavy atom. The van der Waals surface area contributed by atoms with E-state index >= 15 is 0 Å². The minimum Gasteiger partial charge on any atom is -0.507 e. The highest BCUT2D eigenvalue weighted by Crippen LogP contribution is 2.32. The molecule has 3 rings (SSSR count). The van der Waals surface area contributed by atoms with Gasteiger partial charge in [0.2, 0.25) is 0 Å². The third-order valence-electron chi connectivity index (χ3n) is 4.15. The van der Waals surface area contributed by atoms with Gasteiger partial charge in [0, 0.05) is 34.1 Å². The lowest BCUT2D eigenvalue weighted by Crippen LogP contribution is -1.92. The smallest absolute Gasteiger partial charge is 0.123 e. The molecule has 3 aromatic rings. The van der Waals surface area contributed by atoms with Crippen molar-refractivity contribution in [3.05, 3.63) is 101 Å². The van der Waals surface area contributed by atoms with Gasteiger partial charge in [0.05, 0.1) is 0 Å². The molecular formula is C23H24OS2. The molecule has 3 heteroatoms. The van der Waals surface area contributed by atoms with Crippen molar-refractivity contribution < 1.29 is 5.11 Å². The van der Waals surface area contributed by atoms with Crippen molar-refractivity contribution in [3.63, 3.8) is 0 Å². The summed E-state index contributed by atoms with van der Waals surface area (Å²) >= 11 is 3.69. The van der Waals surface area contributed by atoms with Crippen LogP contribution in [0, 0.1) is 6.92 Å². The Morgan fingerprint density at radius 3 is 1.50 bits per heavy atom. The molecule has 0 aliphatic carbocycles. The van der Waals surface area contributed by atoms with E-state index in [1.807, 2.05) is 35.7 Å². The highest BCUT2D eigenvalue weighted by atomic mass is 32.2. The van der Waals surface area contributed by atoms with Crippen LogP contribution < -0.4 is 0 Å². The van der Waals surface area contributed by atoms with E-state index in [-0.39, 0.29) is 0 Å². The Balaban J connectivity index is 1.58. The second kappa shape index (κ2) is 9.75. The zero-order valence-corrected chi connectivity index (χ0v) is 16.7. The van der Waals surface area contributed by atoms with Gasteiger partial charge in [-0.15, -0.1) is 0 Å². The van der Waals surface area contributed by atoms with Crippen LogP contribution in [-0.4, -0.2) is 5.11 Å². The molecule has 0 unspecified atom stereocenters. The third kappa shape index (κ3) is 5.58. The number of aromatic hydroxyl groups is 1. The van der Waals surface area contributed by atoms with Crippen molar-refractivity contribution in [2.45, 2.75) is 29.9 Å². The van der Waals surface area contributed by atoms with Crippen LogP contribution in [0.2, 0.25) is 0 Å². The predicted molar refractivity (Wildman–Crippen MR) is 116 cm³/mol. The van der Waals surface area contributed by atoms with E-state index in [0.29, 0.717) is 5.75 Å². The Hall–Kier alpha value is -1.84. The number of phenolic OH excluding ortho intramolecular Hbond substituents is 1. The van der Waals surface area contributed by atoms with Crippen LogP contribution in [0.1, 0.15) is 27.8 Å². The van der Waals surface area contributed by atoms with E-state index in [4.69, 9.17) is 0 Å². The van der Waals surface area contributed by atoms with Crippen LogP contribution in [0.25, 0.3) is 0 Å². The minimum atomic E-state index is 0.469. The highest BCUT2D eigenvalue weighted by molar-refractivity contribution is 7.98. The van der Waals surface area contributed by atoms with E-state index in [2.05, 4.69) is 67.6 Å². The molecule has 134 valence electrons. The number of hydrogen-bond acceptors (Lipinski definition) is 3. The maximum absolute atomic E-state index is 10.7. The van der Waals surface area contributed by atoms with E-state index in [9.17, 15) is 5.11 Å². The number of hydrogen-bond donors (Lipinski definition) is 1. The Bertz CT molecular complexity index is 750. The van der Waals surface area contributed by atoms with Crippen LogP contribution in [-0.2, 0) is 23.0 Å². The van der Waals surface area contributed by atoms with Gasteiger partial charge < -0.3 is 5.11 Å². The molecular weight excluding hydrogens is 356 g/mol. The molecule has 0 atom stereocenters. The number of thioether (sulfide) groups is 2. The summed E-state index contributed by atoms with van der Waals surface area (Å²) < 4.78 is 0. The molecule has 0 saturated carbocycles. The molecule has 26 heavy (non-hydrogen) atoms. The zero-order chi connectivity index (χ0) is 18.2. The first kappa shape index (κ1) is 18.9. The molecule has 0 amide bonds. The van der Waals surface area contributed by atoms with Gasteiger partial charge in [-0.2, -0.15) is 23.5 Å². The van der Waals surface area contributed by atoms with Gasteiger partial charge >= 0.3 is 0 Å². The Kier molecular flexibility index (Phi) is 7.10. The summed E-state index contributed by atoms with van der Waals surface area (Å²) in [6.45, 7) is 2.11. The quantitative estimate of drug-likeness (QED) is 0.477. The van der Waals surface area contributed by atoms with Crippen LogP contribution in [0.15, 0.2) is 72.8 Å². The summed E-state index contributed by atoms with van der Waals surface area (Å²) in [6, 6.07) is 25.2. The minimum absolute atomic E-state index is 0.469. The summed E-state index contributed by atoms with van der Waals surface area (Å²) in [5.74, 6) is 4.06. The van der Waals surface area contributed by atoms with Gasteiger partial charge in [-0.25, -0.2) is 0 Å². The molecule has 1 N–H and O–H groups in total. The fourth-order valence-corrected chi connectivity index (χ4v) is 4.80. The average Bonchev–Trinajstić information content (AvgIpc) is 2.67. The van der Waals surface area contributed by atoms with Crippen molar-refractivity contribution in [2.24, 2.45) is 0 Å². The number of aryl methyl sites for hydroxylation is 1. The molecule has 0 radical (unpaired) electrons. The molecule has 0 heterocycles. The van der Waals surface area contributed by atoms with Crippen LogP contribution in [0.5, 0.6) is 5.75 Å². The lowest BCUT2D eigenvalue weighted by Gasteiger charge is -2.12. The van der Waals surface area contributed by atoms with Gasteiger partial charge in [0.1, 0.15) is 5.75 Å².